The van der Waals surface area contributed by atoms with E-state index in [0.717, 1.165) is 19.3 Å². The third kappa shape index (κ3) is 8.87. The third-order valence-electron chi connectivity index (χ3n) is 3.02. The molecule has 110 valence electrons. The van der Waals surface area contributed by atoms with Gasteiger partial charge in [-0.3, -0.25) is 4.18 Å². The van der Waals surface area contributed by atoms with Crippen LogP contribution in [-0.2, 0) is 14.3 Å². The maximum Gasteiger partial charge on any atom is 0.296 e. The van der Waals surface area contributed by atoms with E-state index in [0.29, 0.717) is 0 Å². The van der Waals surface area contributed by atoms with Crippen LogP contribution in [0.25, 0.3) is 0 Å². The van der Waals surface area contributed by atoms with Crippen LogP contribution in [0.2, 0.25) is 0 Å². The van der Waals surface area contributed by atoms with Gasteiger partial charge < -0.3 is 0 Å². The first-order valence-corrected chi connectivity index (χ1v) is 8.52. The van der Waals surface area contributed by atoms with Crippen LogP contribution in [0, 0.1) is 0 Å². The normalized spacial score (nSPS) is 11.1. The summed E-state index contributed by atoms with van der Waals surface area (Å²) in [6, 6.07) is 8.30. The van der Waals surface area contributed by atoms with Crippen molar-refractivity contribution in [1.29, 1.82) is 0 Å². The molecule has 0 saturated carbocycles. The van der Waals surface area contributed by atoms with E-state index in [-0.39, 0.29) is 60.4 Å². The first-order valence-electron chi connectivity index (χ1n) is 7.11. The Morgan fingerprint density at radius 1 is 0.900 bits per heavy atom. The molecule has 0 heterocycles. The van der Waals surface area contributed by atoms with Crippen molar-refractivity contribution in [3.05, 3.63) is 30.3 Å². The topological polar surface area (TPSA) is 43.4 Å². The van der Waals surface area contributed by atoms with Crippen LogP contribution >= 0.6 is 0 Å². The predicted molar refractivity (Wildman–Crippen MR) is 83.3 cm³/mol. The third-order valence-corrected chi connectivity index (χ3v) is 4.34. The number of rotatable bonds is 10. The molecule has 1 aromatic carbocycles. The molecule has 3 nitrogen and oxygen atoms in total. The smallest absolute Gasteiger partial charge is 0.266 e. The van der Waals surface area contributed by atoms with Crippen molar-refractivity contribution in [2.75, 3.05) is 6.61 Å². The molecule has 0 N–H and O–H groups in total. The van der Waals surface area contributed by atoms with Gasteiger partial charge in [0.2, 0.25) is 0 Å². The van der Waals surface area contributed by atoms with Crippen LogP contribution < -0.4 is 0 Å². The molecule has 0 spiro atoms. The van der Waals surface area contributed by atoms with Crippen LogP contribution in [-0.4, -0.2) is 63.9 Å². The summed E-state index contributed by atoms with van der Waals surface area (Å²) < 4.78 is 28.6. The zero-order valence-corrected chi connectivity index (χ0v) is 17.6. The van der Waals surface area contributed by atoms with E-state index in [4.69, 9.17) is 4.18 Å². The summed E-state index contributed by atoms with van der Waals surface area (Å²) >= 11 is 0. The minimum atomic E-state index is -3.56. The molecule has 0 bridgehead atoms. The molecule has 0 saturated heterocycles. The Hall–Kier alpha value is 0.701. The predicted octanol–water partition coefficient (Wildman–Crippen LogP) is 3.76. The van der Waals surface area contributed by atoms with Crippen molar-refractivity contribution in [1.82, 2.24) is 0 Å². The molecule has 1 aromatic rings. The standard InChI is InChI=1S/C15H24O3S.Ba/c1-2-3-4-5-6-7-11-14-18-19(16,17)15-12-9-8-10-13-15;/h8-10,12-13H,2-7,11,14H2,1H3;. The minimum absolute atomic E-state index is 0. The molecule has 0 aliphatic heterocycles. The maximum absolute atomic E-state index is 11.8. The zero-order chi connectivity index (χ0) is 14.0. The fourth-order valence-electron chi connectivity index (χ4n) is 1.88. The molecule has 20 heavy (non-hydrogen) atoms. The summed E-state index contributed by atoms with van der Waals surface area (Å²) in [5.41, 5.74) is 0. The molecular formula is C15H24BaO3S. The maximum atomic E-state index is 11.8. The summed E-state index contributed by atoms with van der Waals surface area (Å²) in [5, 5.41) is 0. The quantitative estimate of drug-likeness (QED) is 0.328. The second kappa shape index (κ2) is 12.3. The van der Waals surface area contributed by atoms with E-state index in [9.17, 15) is 8.42 Å². The van der Waals surface area contributed by atoms with Crippen LogP contribution in [0.5, 0.6) is 0 Å². The molecule has 0 unspecified atom stereocenters. The number of benzene rings is 1. The van der Waals surface area contributed by atoms with Crippen LogP contribution in [0.1, 0.15) is 51.9 Å². The van der Waals surface area contributed by atoms with Crippen molar-refractivity contribution in [2.45, 2.75) is 56.8 Å². The van der Waals surface area contributed by atoms with Gasteiger partial charge in [-0.1, -0.05) is 63.6 Å². The number of hydrogen-bond acceptors (Lipinski definition) is 3. The van der Waals surface area contributed by atoms with E-state index < -0.39 is 10.1 Å². The molecular weight excluding hydrogens is 398 g/mol. The van der Waals surface area contributed by atoms with Crippen LogP contribution in [0.4, 0.5) is 0 Å². The Kier molecular flexibility index (Phi) is 12.7. The van der Waals surface area contributed by atoms with Gasteiger partial charge in [-0.2, -0.15) is 8.42 Å². The molecule has 0 aliphatic rings. The SMILES string of the molecule is CCCCCCCCCOS(=O)(=O)c1ccccc1.[Ba]. The molecule has 0 aliphatic carbocycles. The molecule has 5 heteroatoms. The van der Waals surface area contributed by atoms with Gasteiger partial charge in [-0.25, -0.2) is 0 Å². The van der Waals surface area contributed by atoms with E-state index >= 15 is 0 Å². The first-order chi connectivity index (χ1) is 9.17. The number of unbranched alkanes of at least 4 members (excludes halogenated alkanes) is 6. The van der Waals surface area contributed by atoms with Gasteiger partial charge in [0.15, 0.2) is 0 Å². The van der Waals surface area contributed by atoms with Crippen molar-refractivity contribution in [2.24, 2.45) is 0 Å². The van der Waals surface area contributed by atoms with Gasteiger partial charge in [-0.05, 0) is 18.6 Å². The van der Waals surface area contributed by atoms with E-state index in [1.165, 1.54) is 25.7 Å². The summed E-state index contributed by atoms with van der Waals surface area (Å²) in [6.07, 6.45) is 8.05. The van der Waals surface area contributed by atoms with Gasteiger partial charge in [0, 0.05) is 48.9 Å². The van der Waals surface area contributed by atoms with Crippen molar-refractivity contribution >= 4 is 59.0 Å². The second-order valence-corrected chi connectivity index (χ2v) is 6.33. The van der Waals surface area contributed by atoms with E-state index in [2.05, 4.69) is 6.92 Å². The first kappa shape index (κ1) is 20.7. The summed E-state index contributed by atoms with van der Waals surface area (Å²) in [5.74, 6) is 0. The Bertz CT molecular complexity index is 432. The molecule has 0 fully saturated rings. The Morgan fingerprint density at radius 3 is 2.05 bits per heavy atom. The van der Waals surface area contributed by atoms with Crippen molar-refractivity contribution < 1.29 is 12.6 Å². The van der Waals surface area contributed by atoms with E-state index in [1.807, 2.05) is 0 Å². The second-order valence-electron chi connectivity index (χ2n) is 4.71. The Labute approximate surface area is 163 Å². The fourth-order valence-corrected chi connectivity index (χ4v) is 2.85. The van der Waals surface area contributed by atoms with Crippen LogP contribution in [0.3, 0.4) is 0 Å². The van der Waals surface area contributed by atoms with Crippen molar-refractivity contribution in [3.8, 4) is 0 Å². The molecule has 0 atom stereocenters. The van der Waals surface area contributed by atoms with Gasteiger partial charge in [0.1, 0.15) is 0 Å². The van der Waals surface area contributed by atoms with Gasteiger partial charge in [0.05, 0.1) is 11.5 Å². The summed E-state index contributed by atoms with van der Waals surface area (Å²) in [7, 11) is -3.56. The monoisotopic (exact) mass is 422 g/mol. The molecule has 1 rings (SSSR count). The summed E-state index contributed by atoms with van der Waals surface area (Å²) in [4.78, 5) is 0.234. The summed E-state index contributed by atoms with van der Waals surface area (Å²) in [6.45, 7) is 2.48. The average molecular weight is 422 g/mol. The Balaban J connectivity index is 0.00000361. The molecule has 2 radical (unpaired) electrons. The minimum Gasteiger partial charge on any atom is -0.266 e. The van der Waals surface area contributed by atoms with Crippen molar-refractivity contribution in [3.63, 3.8) is 0 Å². The van der Waals surface area contributed by atoms with Crippen LogP contribution in [0.15, 0.2) is 35.2 Å². The molecule has 0 amide bonds. The largest absolute Gasteiger partial charge is 0.296 e. The zero-order valence-electron chi connectivity index (χ0n) is 12.4. The Morgan fingerprint density at radius 2 is 1.45 bits per heavy atom. The van der Waals surface area contributed by atoms with E-state index in [1.54, 1.807) is 30.3 Å². The van der Waals surface area contributed by atoms with Gasteiger partial charge in [0.25, 0.3) is 10.1 Å². The molecule has 0 aromatic heterocycles. The average Bonchev–Trinajstić information content (AvgIpc) is 2.43. The van der Waals surface area contributed by atoms with Gasteiger partial charge >= 0.3 is 0 Å². The van der Waals surface area contributed by atoms with Gasteiger partial charge in [-0.15, -0.1) is 0 Å². The fraction of sp³-hybridized carbons (Fsp3) is 0.600. The number of hydrogen-bond donors (Lipinski definition) is 0.